The molecule has 1 aromatic rings. The zero-order valence-corrected chi connectivity index (χ0v) is 14.8. The van der Waals surface area contributed by atoms with Crippen molar-refractivity contribution in [2.45, 2.75) is 56.7 Å². The molecule has 0 bridgehead atoms. The summed E-state index contributed by atoms with van der Waals surface area (Å²) in [7, 11) is 0. The highest BCUT2D eigenvalue weighted by molar-refractivity contribution is 5.79. The second-order valence-electron chi connectivity index (χ2n) is 7.57. The molecule has 5 nitrogen and oxygen atoms in total. The Labute approximate surface area is 149 Å². The predicted octanol–water partition coefficient (Wildman–Crippen LogP) is 2.38. The van der Waals surface area contributed by atoms with Gasteiger partial charge in [-0.3, -0.25) is 9.69 Å². The van der Waals surface area contributed by atoms with Crippen molar-refractivity contribution in [1.29, 1.82) is 5.26 Å². The van der Waals surface area contributed by atoms with E-state index in [1.54, 1.807) is 0 Å². The molecule has 25 heavy (non-hydrogen) atoms. The summed E-state index contributed by atoms with van der Waals surface area (Å²) in [6.07, 6.45) is 4.19. The Balaban J connectivity index is 1.55. The van der Waals surface area contributed by atoms with Crippen molar-refractivity contribution in [3.8, 4) is 6.07 Å². The highest BCUT2D eigenvalue weighted by atomic mass is 16.3. The number of hydrogen-bond acceptors (Lipinski definition) is 4. The molecule has 2 aliphatic rings. The van der Waals surface area contributed by atoms with Crippen molar-refractivity contribution >= 4 is 5.91 Å². The maximum absolute atomic E-state index is 12.4. The fourth-order valence-electron chi connectivity index (χ4n) is 3.83. The zero-order valence-electron chi connectivity index (χ0n) is 14.8. The predicted molar refractivity (Wildman–Crippen MR) is 95.5 cm³/mol. The van der Waals surface area contributed by atoms with Crippen molar-refractivity contribution < 1.29 is 9.90 Å². The van der Waals surface area contributed by atoms with Crippen LogP contribution in [0.25, 0.3) is 0 Å². The Morgan fingerprint density at radius 1 is 1.40 bits per heavy atom. The number of aliphatic hydroxyl groups is 1. The summed E-state index contributed by atoms with van der Waals surface area (Å²) >= 11 is 0. The summed E-state index contributed by atoms with van der Waals surface area (Å²) in [6.45, 7) is 2.99. The molecule has 1 amide bonds. The zero-order chi connectivity index (χ0) is 17.9. The third-order valence-electron chi connectivity index (χ3n) is 5.55. The molecular formula is C20H27N3O2. The minimum atomic E-state index is -0.740. The van der Waals surface area contributed by atoms with Gasteiger partial charge in [0, 0.05) is 6.04 Å². The quantitative estimate of drug-likeness (QED) is 0.798. The maximum atomic E-state index is 12.4. The Morgan fingerprint density at radius 2 is 2.12 bits per heavy atom. The average Bonchev–Trinajstić information content (AvgIpc) is 3.39. The van der Waals surface area contributed by atoms with E-state index in [1.807, 2.05) is 37.3 Å². The van der Waals surface area contributed by atoms with Gasteiger partial charge in [0.25, 0.3) is 0 Å². The Hall–Kier alpha value is -1.90. The second kappa shape index (κ2) is 7.55. The summed E-state index contributed by atoms with van der Waals surface area (Å²) in [5.41, 5.74) is 0.181. The molecule has 1 saturated heterocycles. The van der Waals surface area contributed by atoms with Gasteiger partial charge in [-0.05, 0) is 57.1 Å². The standard InChI is InChI=1S/C20H27N3O2/c1-20(14-21,16-9-10-16)22-19(25)13-23-11-5-8-17(23)12-18(24)15-6-3-2-4-7-15/h2-4,6-7,16-18,24H,5,8-13H2,1H3,(H,22,25). The van der Waals surface area contributed by atoms with E-state index < -0.39 is 11.6 Å². The smallest absolute Gasteiger partial charge is 0.235 e. The lowest BCUT2D eigenvalue weighted by molar-refractivity contribution is -0.124. The van der Waals surface area contributed by atoms with Crippen LogP contribution >= 0.6 is 0 Å². The van der Waals surface area contributed by atoms with E-state index in [0.29, 0.717) is 13.0 Å². The average molecular weight is 341 g/mol. The molecule has 2 fully saturated rings. The third kappa shape index (κ3) is 4.39. The molecule has 1 aliphatic heterocycles. The van der Waals surface area contributed by atoms with E-state index in [-0.39, 0.29) is 17.9 Å². The summed E-state index contributed by atoms with van der Waals surface area (Å²) < 4.78 is 0. The number of carbonyl (C=O) groups is 1. The maximum Gasteiger partial charge on any atom is 0.235 e. The van der Waals surface area contributed by atoms with Crippen LogP contribution in [0.15, 0.2) is 30.3 Å². The Bertz CT molecular complexity index is 638. The molecule has 3 unspecified atom stereocenters. The fraction of sp³-hybridized carbons (Fsp3) is 0.600. The third-order valence-corrected chi connectivity index (χ3v) is 5.55. The highest BCUT2D eigenvalue weighted by Gasteiger charge is 2.43. The van der Waals surface area contributed by atoms with Crippen LogP contribution < -0.4 is 5.32 Å². The second-order valence-corrected chi connectivity index (χ2v) is 7.57. The van der Waals surface area contributed by atoms with Crippen molar-refractivity contribution in [2.75, 3.05) is 13.1 Å². The molecule has 0 radical (unpaired) electrons. The number of carbonyl (C=O) groups excluding carboxylic acids is 1. The van der Waals surface area contributed by atoms with E-state index in [1.165, 1.54) is 0 Å². The largest absolute Gasteiger partial charge is 0.388 e. The molecule has 2 N–H and O–H groups in total. The summed E-state index contributed by atoms with van der Waals surface area (Å²) in [5.74, 6) is 0.202. The van der Waals surface area contributed by atoms with Gasteiger partial charge in [0.15, 0.2) is 0 Å². The van der Waals surface area contributed by atoms with Crippen molar-refractivity contribution in [2.24, 2.45) is 5.92 Å². The number of rotatable bonds is 7. The van der Waals surface area contributed by atoms with Crippen LogP contribution in [0.3, 0.4) is 0 Å². The highest BCUT2D eigenvalue weighted by Crippen LogP contribution is 2.39. The van der Waals surface area contributed by atoms with Gasteiger partial charge in [-0.2, -0.15) is 5.26 Å². The van der Waals surface area contributed by atoms with Gasteiger partial charge in [-0.15, -0.1) is 0 Å². The van der Waals surface area contributed by atoms with Crippen LogP contribution in [-0.2, 0) is 4.79 Å². The number of nitriles is 1. The SMILES string of the molecule is CC(C#N)(NC(=O)CN1CCCC1CC(O)c1ccccc1)C1CC1. The van der Waals surface area contributed by atoms with E-state index in [9.17, 15) is 15.2 Å². The first-order chi connectivity index (χ1) is 12.0. The number of benzene rings is 1. The van der Waals surface area contributed by atoms with Crippen LogP contribution in [0.2, 0.25) is 0 Å². The first kappa shape index (κ1) is 17.9. The molecule has 5 heteroatoms. The van der Waals surface area contributed by atoms with Crippen molar-refractivity contribution in [3.63, 3.8) is 0 Å². The Kier molecular flexibility index (Phi) is 5.41. The molecule has 1 heterocycles. The molecule has 134 valence electrons. The molecular weight excluding hydrogens is 314 g/mol. The normalized spacial score (nSPS) is 24.3. The topological polar surface area (TPSA) is 76.4 Å². The van der Waals surface area contributed by atoms with Crippen LogP contribution in [0, 0.1) is 17.2 Å². The van der Waals surface area contributed by atoms with E-state index in [4.69, 9.17) is 0 Å². The minimum absolute atomic E-state index is 0.0861. The van der Waals surface area contributed by atoms with Gasteiger partial charge in [-0.25, -0.2) is 0 Å². The summed E-state index contributed by atoms with van der Waals surface area (Å²) in [5, 5.41) is 22.8. The fourth-order valence-corrected chi connectivity index (χ4v) is 3.83. The van der Waals surface area contributed by atoms with Crippen LogP contribution in [0.4, 0.5) is 0 Å². The molecule has 0 aromatic heterocycles. The van der Waals surface area contributed by atoms with E-state index in [2.05, 4.69) is 16.3 Å². The molecule has 3 rings (SSSR count). The van der Waals surface area contributed by atoms with Gasteiger partial charge in [0.1, 0.15) is 5.54 Å². The number of aliphatic hydroxyl groups excluding tert-OH is 1. The summed E-state index contributed by atoms with van der Waals surface area (Å²) in [6, 6.07) is 12.1. The summed E-state index contributed by atoms with van der Waals surface area (Å²) in [4.78, 5) is 14.6. The van der Waals surface area contributed by atoms with Crippen LogP contribution in [0.5, 0.6) is 0 Å². The van der Waals surface area contributed by atoms with Gasteiger partial charge in [0.2, 0.25) is 5.91 Å². The van der Waals surface area contributed by atoms with Gasteiger partial charge in [-0.1, -0.05) is 30.3 Å². The first-order valence-corrected chi connectivity index (χ1v) is 9.21. The van der Waals surface area contributed by atoms with Crippen LogP contribution in [0.1, 0.15) is 50.7 Å². The lowest BCUT2D eigenvalue weighted by atomic mass is 9.98. The van der Waals surface area contributed by atoms with Gasteiger partial charge >= 0.3 is 0 Å². The first-order valence-electron chi connectivity index (χ1n) is 9.21. The van der Waals surface area contributed by atoms with E-state index >= 15 is 0 Å². The lowest BCUT2D eigenvalue weighted by Crippen LogP contribution is -2.50. The molecule has 3 atom stereocenters. The minimum Gasteiger partial charge on any atom is -0.388 e. The van der Waals surface area contributed by atoms with Gasteiger partial charge in [0.05, 0.1) is 18.7 Å². The Morgan fingerprint density at radius 3 is 2.76 bits per heavy atom. The van der Waals surface area contributed by atoms with Gasteiger partial charge < -0.3 is 10.4 Å². The molecule has 1 saturated carbocycles. The number of nitrogens with one attached hydrogen (secondary N) is 1. The van der Waals surface area contributed by atoms with Crippen molar-refractivity contribution in [3.05, 3.63) is 35.9 Å². The molecule has 0 spiro atoms. The lowest BCUT2D eigenvalue weighted by Gasteiger charge is -2.28. The monoisotopic (exact) mass is 341 g/mol. The number of amides is 1. The van der Waals surface area contributed by atoms with Crippen molar-refractivity contribution in [1.82, 2.24) is 10.2 Å². The van der Waals surface area contributed by atoms with Crippen LogP contribution in [-0.4, -0.2) is 40.6 Å². The number of likely N-dealkylation sites (tertiary alicyclic amines) is 1. The number of hydrogen-bond donors (Lipinski definition) is 2. The molecule has 1 aromatic carbocycles. The number of nitrogens with zero attached hydrogens (tertiary/aromatic N) is 2. The molecule has 1 aliphatic carbocycles. The van der Waals surface area contributed by atoms with E-state index in [0.717, 1.165) is 37.8 Å².